The average molecular weight is 381 g/mol. The number of aryl methyl sites for hydroxylation is 2. The molecule has 3 aromatic heterocycles. The molecule has 0 bridgehead atoms. The highest BCUT2D eigenvalue weighted by atomic mass is 32.1. The Labute approximate surface area is 159 Å². The zero-order valence-electron chi connectivity index (χ0n) is 15.0. The Balaban J connectivity index is 1.54. The lowest BCUT2D eigenvalue weighted by molar-refractivity contribution is -0.121. The first-order valence-electron chi connectivity index (χ1n) is 8.71. The number of benzene rings is 1. The summed E-state index contributed by atoms with van der Waals surface area (Å²) in [7, 11) is 1.68. The van der Waals surface area contributed by atoms with Gasteiger partial charge in [0.25, 0.3) is 5.56 Å². The van der Waals surface area contributed by atoms with Crippen LogP contribution in [0.25, 0.3) is 16.0 Å². The fourth-order valence-electron chi connectivity index (χ4n) is 3.18. The maximum atomic E-state index is 12.4. The van der Waals surface area contributed by atoms with Gasteiger partial charge in [0.05, 0.1) is 11.6 Å². The maximum absolute atomic E-state index is 12.4. The largest absolute Gasteiger partial charge is 0.350 e. The van der Waals surface area contributed by atoms with E-state index in [4.69, 9.17) is 0 Å². The normalized spacial score (nSPS) is 12.5. The molecule has 0 aliphatic carbocycles. The Morgan fingerprint density at radius 2 is 2.00 bits per heavy atom. The quantitative estimate of drug-likeness (QED) is 0.576. The Bertz CT molecular complexity index is 1180. The summed E-state index contributed by atoms with van der Waals surface area (Å²) < 4.78 is 4.02. The number of thiophene rings is 1. The standard InChI is InChI=1S/C19H19N5O2S/c1-12(13-6-4-3-5-7-13)20-16(25)9-8-15-21-22-19-23(2)18(26)17-14(24(15)19)10-11-27-17/h3-7,10-12H,8-9H2,1-2H3,(H,20,25)/t12-/m1/s1. The molecule has 0 saturated carbocycles. The monoisotopic (exact) mass is 381 g/mol. The average Bonchev–Trinajstić information content (AvgIpc) is 3.32. The third kappa shape index (κ3) is 3.12. The zero-order chi connectivity index (χ0) is 19.0. The highest BCUT2D eigenvalue weighted by molar-refractivity contribution is 7.17. The van der Waals surface area contributed by atoms with Gasteiger partial charge in [-0.25, -0.2) is 0 Å². The van der Waals surface area contributed by atoms with E-state index in [0.29, 0.717) is 29.1 Å². The van der Waals surface area contributed by atoms with E-state index < -0.39 is 0 Å². The second kappa shape index (κ2) is 6.96. The number of nitrogens with zero attached hydrogens (tertiary/aromatic N) is 4. The van der Waals surface area contributed by atoms with E-state index in [9.17, 15) is 9.59 Å². The molecule has 7 nitrogen and oxygen atoms in total. The summed E-state index contributed by atoms with van der Waals surface area (Å²) in [6.07, 6.45) is 0.740. The third-order valence-electron chi connectivity index (χ3n) is 4.65. The molecule has 27 heavy (non-hydrogen) atoms. The number of carbonyl (C=O) groups excluding carboxylic acids is 1. The van der Waals surface area contributed by atoms with Crippen LogP contribution < -0.4 is 10.9 Å². The van der Waals surface area contributed by atoms with Crippen molar-refractivity contribution in [1.29, 1.82) is 0 Å². The van der Waals surface area contributed by atoms with E-state index in [1.807, 2.05) is 53.1 Å². The summed E-state index contributed by atoms with van der Waals surface area (Å²) in [5.41, 5.74) is 1.77. The van der Waals surface area contributed by atoms with Crippen molar-refractivity contribution in [2.45, 2.75) is 25.8 Å². The highest BCUT2D eigenvalue weighted by Crippen LogP contribution is 2.20. The van der Waals surface area contributed by atoms with Gasteiger partial charge in [-0.3, -0.25) is 18.6 Å². The first kappa shape index (κ1) is 17.4. The van der Waals surface area contributed by atoms with Crippen molar-refractivity contribution in [2.24, 2.45) is 7.05 Å². The van der Waals surface area contributed by atoms with Crippen LogP contribution in [-0.2, 0) is 18.3 Å². The molecule has 1 aromatic carbocycles. The lowest BCUT2D eigenvalue weighted by Crippen LogP contribution is -2.27. The predicted octanol–water partition coefficient (Wildman–Crippen LogP) is 2.45. The first-order valence-corrected chi connectivity index (χ1v) is 9.58. The predicted molar refractivity (Wildman–Crippen MR) is 105 cm³/mol. The van der Waals surface area contributed by atoms with Crippen LogP contribution in [-0.4, -0.2) is 25.1 Å². The van der Waals surface area contributed by atoms with Gasteiger partial charge in [-0.15, -0.1) is 21.5 Å². The molecule has 3 heterocycles. The second-order valence-electron chi connectivity index (χ2n) is 6.45. The van der Waals surface area contributed by atoms with Gasteiger partial charge in [-0.1, -0.05) is 30.3 Å². The first-order chi connectivity index (χ1) is 13.1. The minimum atomic E-state index is -0.0825. The Hall–Kier alpha value is -3.00. The zero-order valence-corrected chi connectivity index (χ0v) is 15.9. The van der Waals surface area contributed by atoms with Crippen LogP contribution in [0.5, 0.6) is 0 Å². The van der Waals surface area contributed by atoms with Crippen LogP contribution in [0.1, 0.15) is 30.8 Å². The Morgan fingerprint density at radius 1 is 1.22 bits per heavy atom. The van der Waals surface area contributed by atoms with Gasteiger partial charge in [-0.2, -0.15) is 0 Å². The number of nitrogens with one attached hydrogen (secondary N) is 1. The lowest BCUT2D eigenvalue weighted by Gasteiger charge is -2.14. The number of amides is 1. The second-order valence-corrected chi connectivity index (χ2v) is 7.37. The summed E-state index contributed by atoms with van der Waals surface area (Å²) in [4.78, 5) is 24.7. The van der Waals surface area contributed by atoms with Gasteiger partial charge in [0, 0.05) is 19.9 Å². The number of rotatable bonds is 5. The molecule has 4 rings (SSSR count). The molecule has 0 aliphatic heterocycles. The minimum Gasteiger partial charge on any atom is -0.350 e. The van der Waals surface area contributed by atoms with Crippen molar-refractivity contribution in [1.82, 2.24) is 24.5 Å². The van der Waals surface area contributed by atoms with E-state index in [0.717, 1.165) is 11.1 Å². The van der Waals surface area contributed by atoms with Crippen LogP contribution in [0.2, 0.25) is 0 Å². The molecular weight excluding hydrogens is 362 g/mol. The maximum Gasteiger partial charge on any atom is 0.272 e. The molecular formula is C19H19N5O2S. The van der Waals surface area contributed by atoms with E-state index in [1.54, 1.807) is 7.05 Å². The van der Waals surface area contributed by atoms with Gasteiger partial charge < -0.3 is 5.32 Å². The van der Waals surface area contributed by atoms with Crippen molar-refractivity contribution < 1.29 is 4.79 Å². The van der Waals surface area contributed by atoms with Gasteiger partial charge in [0.15, 0.2) is 0 Å². The van der Waals surface area contributed by atoms with E-state index in [-0.39, 0.29) is 17.5 Å². The van der Waals surface area contributed by atoms with Crippen molar-refractivity contribution in [2.75, 3.05) is 0 Å². The van der Waals surface area contributed by atoms with Crippen LogP contribution in [0.4, 0.5) is 0 Å². The minimum absolute atomic E-state index is 0.0468. The van der Waals surface area contributed by atoms with Gasteiger partial charge in [0.1, 0.15) is 10.5 Å². The number of aromatic nitrogens is 4. The molecule has 4 aromatic rings. The topological polar surface area (TPSA) is 81.3 Å². The van der Waals surface area contributed by atoms with Crippen LogP contribution in [0.15, 0.2) is 46.6 Å². The molecule has 1 atom stereocenters. The smallest absolute Gasteiger partial charge is 0.272 e. The molecule has 0 fully saturated rings. The van der Waals surface area contributed by atoms with E-state index in [1.165, 1.54) is 15.9 Å². The summed E-state index contributed by atoms with van der Waals surface area (Å²) in [5, 5.41) is 13.2. The number of fused-ring (bicyclic) bond motifs is 3. The number of hydrogen-bond donors (Lipinski definition) is 1. The fourth-order valence-corrected chi connectivity index (χ4v) is 4.03. The molecule has 0 aliphatic rings. The van der Waals surface area contributed by atoms with E-state index in [2.05, 4.69) is 15.5 Å². The van der Waals surface area contributed by atoms with Crippen molar-refractivity contribution in [3.8, 4) is 0 Å². The van der Waals surface area contributed by atoms with Crippen molar-refractivity contribution >= 4 is 33.2 Å². The summed E-state index contributed by atoms with van der Waals surface area (Å²) in [6, 6.07) is 11.7. The molecule has 1 N–H and O–H groups in total. The summed E-state index contributed by atoms with van der Waals surface area (Å²) in [5.74, 6) is 1.11. The fraction of sp³-hybridized carbons (Fsp3) is 0.263. The number of hydrogen-bond acceptors (Lipinski definition) is 5. The molecule has 0 unspecified atom stereocenters. The molecule has 1 amide bonds. The van der Waals surface area contributed by atoms with Gasteiger partial charge in [-0.05, 0) is 23.9 Å². The highest BCUT2D eigenvalue weighted by Gasteiger charge is 2.17. The van der Waals surface area contributed by atoms with Crippen LogP contribution in [0, 0.1) is 0 Å². The molecule has 0 spiro atoms. The van der Waals surface area contributed by atoms with E-state index >= 15 is 0 Å². The van der Waals surface area contributed by atoms with Crippen LogP contribution in [0.3, 0.4) is 0 Å². The Morgan fingerprint density at radius 3 is 2.78 bits per heavy atom. The summed E-state index contributed by atoms with van der Waals surface area (Å²) >= 11 is 1.40. The Kier molecular flexibility index (Phi) is 4.49. The van der Waals surface area contributed by atoms with Crippen LogP contribution >= 0.6 is 11.3 Å². The SMILES string of the molecule is C[C@@H](NC(=O)CCc1nnc2n(C)c(=O)c3sccc3n12)c1ccccc1. The number of carbonyl (C=O) groups is 1. The van der Waals surface area contributed by atoms with Gasteiger partial charge >= 0.3 is 0 Å². The summed E-state index contributed by atoms with van der Waals surface area (Å²) in [6.45, 7) is 1.96. The van der Waals surface area contributed by atoms with Gasteiger partial charge in [0.2, 0.25) is 11.7 Å². The molecule has 0 saturated heterocycles. The molecule has 138 valence electrons. The molecule has 0 radical (unpaired) electrons. The van der Waals surface area contributed by atoms with Crippen molar-refractivity contribution in [3.63, 3.8) is 0 Å². The lowest BCUT2D eigenvalue weighted by atomic mass is 10.1. The van der Waals surface area contributed by atoms with Crippen molar-refractivity contribution in [3.05, 3.63) is 63.5 Å². The third-order valence-corrected chi connectivity index (χ3v) is 5.54. The molecule has 8 heteroatoms.